The summed E-state index contributed by atoms with van der Waals surface area (Å²) in [7, 11) is -3.22. The second-order valence-electron chi connectivity index (χ2n) is 8.59. The fourth-order valence-corrected chi connectivity index (χ4v) is 4.25. The van der Waals surface area contributed by atoms with E-state index in [2.05, 4.69) is 9.97 Å². The Morgan fingerprint density at radius 2 is 1.76 bits per heavy atom. The molecule has 3 aromatic rings. The van der Waals surface area contributed by atoms with Crippen LogP contribution in [-0.2, 0) is 27.6 Å². The Morgan fingerprint density at radius 1 is 1.06 bits per heavy atom. The largest absolute Gasteiger partial charge is 0.489 e. The second kappa shape index (κ2) is 10.7. The minimum atomic E-state index is -3.22. The van der Waals surface area contributed by atoms with Gasteiger partial charge in [0.2, 0.25) is 0 Å². The van der Waals surface area contributed by atoms with Gasteiger partial charge in [-0.15, -0.1) is 0 Å². The molecule has 0 saturated carbocycles. The third kappa shape index (κ3) is 6.67. The highest BCUT2D eigenvalue weighted by Crippen LogP contribution is 2.38. The van der Waals surface area contributed by atoms with Crippen molar-refractivity contribution in [1.29, 1.82) is 0 Å². The van der Waals surface area contributed by atoms with Crippen molar-refractivity contribution in [3.8, 4) is 11.5 Å². The Hall–Kier alpha value is -2.71. The van der Waals surface area contributed by atoms with Crippen molar-refractivity contribution in [3.05, 3.63) is 82.1 Å². The summed E-state index contributed by atoms with van der Waals surface area (Å²) in [6, 6.07) is 12.4. The Morgan fingerprint density at radius 3 is 2.38 bits per heavy atom. The van der Waals surface area contributed by atoms with Gasteiger partial charge in [0.15, 0.2) is 21.4 Å². The molecule has 0 fully saturated rings. The highest BCUT2D eigenvalue weighted by molar-refractivity contribution is 7.89. The van der Waals surface area contributed by atoms with E-state index >= 15 is 0 Å². The third-order valence-electron chi connectivity index (χ3n) is 5.29. The van der Waals surface area contributed by atoms with Crippen LogP contribution in [0, 0.1) is 5.82 Å². The van der Waals surface area contributed by atoms with E-state index in [0.717, 1.165) is 23.8 Å². The molecular formula is C25H28ClFN2O4S. The molecule has 0 aliphatic rings. The molecule has 34 heavy (non-hydrogen) atoms. The summed E-state index contributed by atoms with van der Waals surface area (Å²) in [4.78, 5) is 8.23. The standard InChI is InChI=1S/C25H28ClFN2O4S/c1-5-12-32-24-21(26)13-18(14-22(24)27)25(2,3)17-6-8-20(9-7-17)33-15-19-10-11-28-23(29-19)16-34(4,30)31/h6-11,13-14H,5,12,15-16H2,1-4H3. The third-order valence-corrected chi connectivity index (χ3v) is 6.35. The Bertz CT molecular complexity index is 1230. The Labute approximate surface area is 205 Å². The molecule has 1 aromatic heterocycles. The average Bonchev–Trinajstić information content (AvgIpc) is 2.76. The Kier molecular flexibility index (Phi) is 8.15. The minimum absolute atomic E-state index is 0.0798. The summed E-state index contributed by atoms with van der Waals surface area (Å²) < 4.78 is 48.8. The second-order valence-corrected chi connectivity index (χ2v) is 11.1. The summed E-state index contributed by atoms with van der Waals surface area (Å²) in [5.74, 6) is 0.231. The zero-order valence-corrected chi connectivity index (χ0v) is 21.2. The zero-order valence-electron chi connectivity index (χ0n) is 19.6. The topological polar surface area (TPSA) is 78.4 Å². The molecule has 0 aliphatic heterocycles. The van der Waals surface area contributed by atoms with Crippen molar-refractivity contribution in [2.75, 3.05) is 12.9 Å². The van der Waals surface area contributed by atoms with Gasteiger partial charge < -0.3 is 9.47 Å². The molecule has 0 amide bonds. The van der Waals surface area contributed by atoms with E-state index in [9.17, 15) is 12.8 Å². The van der Waals surface area contributed by atoms with Crippen LogP contribution in [0.4, 0.5) is 4.39 Å². The van der Waals surface area contributed by atoms with Crippen molar-refractivity contribution in [2.24, 2.45) is 0 Å². The van der Waals surface area contributed by atoms with Gasteiger partial charge in [-0.05, 0) is 47.9 Å². The van der Waals surface area contributed by atoms with E-state index in [4.69, 9.17) is 21.1 Å². The smallest absolute Gasteiger partial charge is 0.173 e. The van der Waals surface area contributed by atoms with Gasteiger partial charge in [-0.2, -0.15) is 0 Å². The summed E-state index contributed by atoms with van der Waals surface area (Å²) in [6.07, 6.45) is 3.41. The van der Waals surface area contributed by atoms with Gasteiger partial charge in [-0.25, -0.2) is 22.8 Å². The first-order valence-corrected chi connectivity index (χ1v) is 13.3. The molecule has 0 unspecified atom stereocenters. The molecule has 0 atom stereocenters. The lowest BCUT2D eigenvalue weighted by Crippen LogP contribution is -2.19. The van der Waals surface area contributed by atoms with Gasteiger partial charge in [0.25, 0.3) is 0 Å². The number of ether oxygens (including phenoxy) is 2. The predicted octanol–water partition coefficient (Wildman–Crippen LogP) is 5.51. The predicted molar refractivity (Wildman–Crippen MR) is 131 cm³/mol. The zero-order chi connectivity index (χ0) is 24.9. The van der Waals surface area contributed by atoms with Crippen LogP contribution in [0.1, 0.15) is 49.8 Å². The highest BCUT2D eigenvalue weighted by Gasteiger charge is 2.26. The number of rotatable bonds is 10. The first kappa shape index (κ1) is 25.9. The van der Waals surface area contributed by atoms with Crippen molar-refractivity contribution >= 4 is 21.4 Å². The van der Waals surface area contributed by atoms with Gasteiger partial charge in [-0.3, -0.25) is 0 Å². The van der Waals surface area contributed by atoms with Crippen LogP contribution < -0.4 is 9.47 Å². The van der Waals surface area contributed by atoms with Gasteiger partial charge in [0.05, 0.1) is 17.3 Å². The van der Waals surface area contributed by atoms with E-state index in [1.54, 1.807) is 12.1 Å². The SMILES string of the molecule is CCCOc1c(F)cc(C(C)(C)c2ccc(OCc3ccnc(CS(C)(=O)=O)n3)cc2)cc1Cl. The van der Waals surface area contributed by atoms with E-state index in [1.165, 1.54) is 12.3 Å². The number of halogens is 2. The molecule has 0 spiro atoms. The maximum absolute atomic E-state index is 14.7. The number of nitrogens with zero attached hydrogens (tertiary/aromatic N) is 2. The molecular weight excluding hydrogens is 479 g/mol. The highest BCUT2D eigenvalue weighted by atomic mass is 35.5. The molecule has 1 heterocycles. The van der Waals surface area contributed by atoms with E-state index < -0.39 is 21.1 Å². The lowest BCUT2D eigenvalue weighted by molar-refractivity contribution is 0.300. The summed E-state index contributed by atoms with van der Waals surface area (Å²) in [6.45, 7) is 6.49. The molecule has 0 bridgehead atoms. The molecule has 6 nitrogen and oxygen atoms in total. The summed E-state index contributed by atoms with van der Waals surface area (Å²) >= 11 is 6.31. The van der Waals surface area contributed by atoms with Gasteiger partial charge in [-0.1, -0.05) is 44.5 Å². The molecule has 2 aromatic carbocycles. The molecule has 0 saturated heterocycles. The molecule has 182 valence electrons. The summed E-state index contributed by atoms with van der Waals surface area (Å²) in [5.41, 5.74) is 1.75. The lowest BCUT2D eigenvalue weighted by atomic mass is 9.78. The van der Waals surface area contributed by atoms with Gasteiger partial charge in [0.1, 0.15) is 23.9 Å². The Balaban J connectivity index is 1.72. The molecule has 3 rings (SSSR count). The minimum Gasteiger partial charge on any atom is -0.489 e. The van der Waals surface area contributed by atoms with Crippen molar-refractivity contribution in [3.63, 3.8) is 0 Å². The van der Waals surface area contributed by atoms with Crippen LogP contribution in [0.3, 0.4) is 0 Å². The normalized spacial score (nSPS) is 11.9. The van der Waals surface area contributed by atoms with Crippen LogP contribution in [0.5, 0.6) is 11.5 Å². The molecule has 0 N–H and O–H groups in total. The van der Waals surface area contributed by atoms with Crippen LogP contribution in [0.25, 0.3) is 0 Å². The monoisotopic (exact) mass is 506 g/mol. The van der Waals surface area contributed by atoms with Gasteiger partial charge in [0, 0.05) is 17.9 Å². The summed E-state index contributed by atoms with van der Waals surface area (Å²) in [5, 5.41) is 0.247. The molecule has 0 radical (unpaired) electrons. The molecule has 0 aliphatic carbocycles. The maximum Gasteiger partial charge on any atom is 0.173 e. The number of aromatic nitrogens is 2. The number of hydrogen-bond donors (Lipinski definition) is 0. The first-order valence-electron chi connectivity index (χ1n) is 10.8. The van der Waals surface area contributed by atoms with E-state index in [1.807, 2.05) is 45.0 Å². The molecule has 9 heteroatoms. The fraction of sp³-hybridized carbons (Fsp3) is 0.360. The number of hydrogen-bond acceptors (Lipinski definition) is 6. The first-order chi connectivity index (χ1) is 16.0. The van der Waals surface area contributed by atoms with Gasteiger partial charge >= 0.3 is 0 Å². The lowest BCUT2D eigenvalue weighted by Gasteiger charge is -2.27. The average molecular weight is 507 g/mol. The van der Waals surface area contributed by atoms with Crippen molar-refractivity contribution < 1.29 is 22.3 Å². The van der Waals surface area contributed by atoms with E-state index in [-0.39, 0.29) is 29.0 Å². The van der Waals surface area contributed by atoms with Crippen LogP contribution in [0.2, 0.25) is 5.02 Å². The maximum atomic E-state index is 14.7. The quantitative estimate of drug-likeness (QED) is 0.361. The van der Waals surface area contributed by atoms with Crippen LogP contribution >= 0.6 is 11.6 Å². The van der Waals surface area contributed by atoms with Crippen molar-refractivity contribution in [1.82, 2.24) is 9.97 Å². The van der Waals surface area contributed by atoms with Crippen LogP contribution in [-0.4, -0.2) is 31.2 Å². The van der Waals surface area contributed by atoms with E-state index in [0.29, 0.717) is 18.1 Å². The fourth-order valence-electron chi connectivity index (χ4n) is 3.38. The van der Waals surface area contributed by atoms with Crippen molar-refractivity contribution in [2.45, 2.75) is 45.0 Å². The van der Waals surface area contributed by atoms with Crippen LogP contribution in [0.15, 0.2) is 48.7 Å². The number of sulfone groups is 1. The number of benzene rings is 2.